The maximum Gasteiger partial charge on any atom is 0.223 e. The summed E-state index contributed by atoms with van der Waals surface area (Å²) in [6.07, 6.45) is 1.06. The second-order valence-electron chi connectivity index (χ2n) is 8.10. The number of amides is 1. The normalized spacial score (nSPS) is 19.1. The summed E-state index contributed by atoms with van der Waals surface area (Å²) in [4.78, 5) is 15.0. The molecule has 7 heteroatoms. The van der Waals surface area contributed by atoms with Crippen molar-refractivity contribution in [2.75, 3.05) is 40.5 Å². The predicted octanol–water partition coefficient (Wildman–Crippen LogP) is 2.25. The van der Waals surface area contributed by atoms with E-state index in [2.05, 4.69) is 0 Å². The molecule has 2 unspecified atom stereocenters. The number of hydrogen-bond donors (Lipinski definition) is 2. The maximum atomic E-state index is 13.2. The lowest BCUT2D eigenvalue weighted by atomic mass is 9.85. The number of carbonyl (C=O) groups is 1. The van der Waals surface area contributed by atoms with E-state index < -0.39 is 5.92 Å². The van der Waals surface area contributed by atoms with Gasteiger partial charge >= 0.3 is 0 Å². The molecule has 2 N–H and O–H groups in total. The molecule has 2 aromatic rings. The van der Waals surface area contributed by atoms with E-state index in [0.717, 1.165) is 16.7 Å². The zero-order valence-corrected chi connectivity index (χ0v) is 18.0. The van der Waals surface area contributed by atoms with Crippen molar-refractivity contribution in [3.63, 3.8) is 0 Å². The zero-order valence-electron chi connectivity index (χ0n) is 18.0. The topological polar surface area (TPSA) is 88.5 Å². The molecule has 2 aromatic carbocycles. The Hall–Kier alpha value is -2.77. The molecule has 0 spiro atoms. The summed E-state index contributed by atoms with van der Waals surface area (Å²) >= 11 is 0. The van der Waals surface area contributed by atoms with Gasteiger partial charge < -0.3 is 29.3 Å². The second-order valence-corrected chi connectivity index (χ2v) is 8.10. The van der Waals surface area contributed by atoms with Crippen molar-refractivity contribution in [2.45, 2.75) is 31.3 Å². The molecule has 2 aliphatic rings. The van der Waals surface area contributed by atoms with Crippen LogP contribution in [0.1, 0.15) is 34.6 Å². The van der Waals surface area contributed by atoms with Crippen LogP contribution < -0.4 is 9.47 Å². The van der Waals surface area contributed by atoms with Crippen molar-refractivity contribution in [3.8, 4) is 17.2 Å². The molecule has 166 valence electrons. The highest BCUT2D eigenvalue weighted by Gasteiger charge is 2.30. The van der Waals surface area contributed by atoms with Gasteiger partial charge in [-0.25, -0.2) is 0 Å². The third-order valence-electron chi connectivity index (χ3n) is 6.18. The lowest BCUT2D eigenvalue weighted by Gasteiger charge is -2.29. The van der Waals surface area contributed by atoms with Crippen molar-refractivity contribution in [2.24, 2.45) is 0 Å². The number of benzene rings is 2. The van der Waals surface area contributed by atoms with Crippen molar-refractivity contribution in [1.29, 1.82) is 0 Å². The molecule has 1 aliphatic heterocycles. The van der Waals surface area contributed by atoms with Crippen molar-refractivity contribution < 1.29 is 29.2 Å². The van der Waals surface area contributed by atoms with Crippen LogP contribution in [0.5, 0.6) is 17.2 Å². The molecule has 1 aliphatic carbocycles. The Labute approximate surface area is 182 Å². The number of rotatable bonds is 6. The quantitative estimate of drug-likeness (QED) is 0.735. The van der Waals surface area contributed by atoms with Crippen molar-refractivity contribution in [1.82, 2.24) is 4.90 Å². The summed E-state index contributed by atoms with van der Waals surface area (Å²) in [5, 5.41) is 20.9. The van der Waals surface area contributed by atoms with Gasteiger partial charge in [0.1, 0.15) is 17.2 Å². The number of phenolic OH excluding ortho intramolecular Hbond substituents is 1. The molecule has 1 saturated heterocycles. The predicted molar refractivity (Wildman–Crippen MR) is 115 cm³/mol. The molecule has 0 aromatic heterocycles. The van der Waals surface area contributed by atoms with Gasteiger partial charge in [0.2, 0.25) is 5.91 Å². The highest BCUT2D eigenvalue weighted by molar-refractivity contribution is 5.78. The van der Waals surface area contributed by atoms with Crippen molar-refractivity contribution in [3.05, 3.63) is 52.6 Å². The lowest BCUT2D eigenvalue weighted by molar-refractivity contribution is -0.135. The summed E-state index contributed by atoms with van der Waals surface area (Å²) in [5.41, 5.74) is 3.68. The first-order chi connectivity index (χ1) is 15.0. The minimum Gasteiger partial charge on any atom is -0.507 e. The fourth-order valence-corrected chi connectivity index (χ4v) is 4.56. The Balaban J connectivity index is 1.75. The second kappa shape index (κ2) is 9.16. The van der Waals surface area contributed by atoms with E-state index in [-0.39, 0.29) is 24.2 Å². The van der Waals surface area contributed by atoms with Gasteiger partial charge in [-0.3, -0.25) is 4.79 Å². The maximum absolute atomic E-state index is 13.2. The molecular weight excluding hydrogens is 398 g/mol. The van der Waals surface area contributed by atoms with E-state index in [1.165, 1.54) is 14.2 Å². The molecule has 7 nitrogen and oxygen atoms in total. The van der Waals surface area contributed by atoms with Gasteiger partial charge in [-0.15, -0.1) is 0 Å². The average Bonchev–Trinajstić information content (AvgIpc) is 3.16. The van der Waals surface area contributed by atoms with Gasteiger partial charge in [0.05, 0.1) is 33.5 Å². The Morgan fingerprint density at radius 3 is 2.58 bits per heavy atom. The molecule has 1 heterocycles. The van der Waals surface area contributed by atoms with Crippen molar-refractivity contribution >= 4 is 5.91 Å². The van der Waals surface area contributed by atoms with Crippen LogP contribution in [-0.2, 0) is 22.4 Å². The summed E-state index contributed by atoms with van der Waals surface area (Å²) in [6.45, 7) is 2.19. The van der Waals surface area contributed by atoms with E-state index in [1.807, 2.05) is 18.2 Å². The van der Waals surface area contributed by atoms with E-state index in [1.54, 1.807) is 17.0 Å². The summed E-state index contributed by atoms with van der Waals surface area (Å²) in [7, 11) is 3.07. The number of nitrogens with zero attached hydrogens (tertiary/aromatic N) is 1. The molecule has 0 radical (unpaired) electrons. The third kappa shape index (κ3) is 4.48. The van der Waals surface area contributed by atoms with Gasteiger partial charge in [0, 0.05) is 43.1 Å². The van der Waals surface area contributed by atoms with Gasteiger partial charge in [-0.1, -0.05) is 18.2 Å². The van der Waals surface area contributed by atoms with Gasteiger partial charge in [-0.05, 0) is 29.5 Å². The SMILES string of the molecule is COc1cc(O)c(C(CC(=O)N2CCOCC2)c2ccc3c(c2)CC(O)C3)c(OC)c1. The number of ether oxygens (including phenoxy) is 3. The molecule has 1 amide bonds. The number of aromatic hydroxyl groups is 1. The van der Waals surface area contributed by atoms with Gasteiger partial charge in [0.15, 0.2) is 0 Å². The van der Waals surface area contributed by atoms with Gasteiger partial charge in [-0.2, -0.15) is 0 Å². The first-order valence-corrected chi connectivity index (χ1v) is 10.6. The lowest BCUT2D eigenvalue weighted by Crippen LogP contribution is -2.41. The van der Waals surface area contributed by atoms with Crippen LogP contribution in [-0.4, -0.2) is 67.6 Å². The molecular formula is C24H29NO6. The number of hydrogen-bond acceptors (Lipinski definition) is 6. The highest BCUT2D eigenvalue weighted by atomic mass is 16.5. The van der Waals surface area contributed by atoms with E-state index in [9.17, 15) is 15.0 Å². The van der Waals surface area contributed by atoms with E-state index >= 15 is 0 Å². The number of aliphatic hydroxyl groups excluding tert-OH is 1. The Kier molecular flexibility index (Phi) is 6.34. The fraction of sp³-hybridized carbons (Fsp3) is 0.458. The first-order valence-electron chi connectivity index (χ1n) is 10.6. The van der Waals surface area contributed by atoms with Crippen LogP contribution in [0.4, 0.5) is 0 Å². The molecule has 0 saturated carbocycles. The fourth-order valence-electron chi connectivity index (χ4n) is 4.56. The van der Waals surface area contributed by atoms with Crippen LogP contribution in [0.15, 0.2) is 30.3 Å². The summed E-state index contributed by atoms with van der Waals surface area (Å²) in [5.74, 6) is 0.576. The van der Waals surface area contributed by atoms with Crippen LogP contribution in [0.3, 0.4) is 0 Å². The van der Waals surface area contributed by atoms with Gasteiger partial charge in [0.25, 0.3) is 0 Å². The monoisotopic (exact) mass is 427 g/mol. The Morgan fingerprint density at radius 2 is 1.87 bits per heavy atom. The first kappa shape index (κ1) is 21.5. The number of morpholine rings is 1. The molecule has 2 atom stereocenters. The molecule has 0 bridgehead atoms. The number of aliphatic hydroxyl groups is 1. The molecule has 4 rings (SSSR count). The third-order valence-corrected chi connectivity index (χ3v) is 6.18. The average molecular weight is 427 g/mol. The Morgan fingerprint density at radius 1 is 1.13 bits per heavy atom. The largest absolute Gasteiger partial charge is 0.507 e. The zero-order chi connectivity index (χ0) is 22.0. The Bertz CT molecular complexity index is 953. The number of methoxy groups -OCH3 is 2. The minimum absolute atomic E-state index is 0.00565. The van der Waals surface area contributed by atoms with Crippen LogP contribution >= 0.6 is 0 Å². The van der Waals surface area contributed by atoms with E-state index in [0.29, 0.717) is 56.2 Å². The number of fused-ring (bicyclic) bond motifs is 1. The summed E-state index contributed by atoms with van der Waals surface area (Å²) < 4.78 is 16.2. The van der Waals surface area contributed by atoms with Crippen LogP contribution in [0.25, 0.3) is 0 Å². The molecule has 1 fully saturated rings. The van der Waals surface area contributed by atoms with Crippen LogP contribution in [0.2, 0.25) is 0 Å². The minimum atomic E-state index is -0.403. The highest BCUT2D eigenvalue weighted by Crippen LogP contribution is 2.44. The standard InChI is InChI=1S/C24H29NO6/c1-29-19-12-21(27)24(22(13-19)30-2)20(14-23(28)25-5-7-31-8-6-25)16-4-3-15-10-18(26)11-17(15)9-16/h3-4,9,12-13,18,20,26-27H,5-8,10-11,14H2,1-2H3. The van der Waals surface area contributed by atoms with E-state index in [4.69, 9.17) is 14.2 Å². The number of phenols is 1. The smallest absolute Gasteiger partial charge is 0.223 e. The van der Waals surface area contributed by atoms with Crippen LogP contribution in [0, 0.1) is 0 Å². The number of carbonyl (C=O) groups excluding carboxylic acids is 1. The molecule has 31 heavy (non-hydrogen) atoms. The summed E-state index contributed by atoms with van der Waals surface area (Å²) in [6, 6.07) is 9.31.